The van der Waals surface area contributed by atoms with Crippen LogP contribution in [-0.2, 0) is 0 Å². The molecule has 0 saturated carbocycles. The lowest BCUT2D eigenvalue weighted by Crippen LogP contribution is -2.18. The second kappa shape index (κ2) is 6.43. The number of hydrogen-bond donors (Lipinski definition) is 1. The zero-order valence-electron chi connectivity index (χ0n) is 12.7. The van der Waals surface area contributed by atoms with Crippen LogP contribution in [0.3, 0.4) is 0 Å². The van der Waals surface area contributed by atoms with Gasteiger partial charge in [-0.3, -0.25) is 0 Å². The van der Waals surface area contributed by atoms with Crippen LogP contribution in [0.5, 0.6) is 0 Å². The van der Waals surface area contributed by atoms with E-state index in [-0.39, 0.29) is 0 Å². The zero-order chi connectivity index (χ0) is 15.4. The summed E-state index contributed by atoms with van der Waals surface area (Å²) in [6, 6.07) is 15.8. The van der Waals surface area contributed by atoms with Crippen LogP contribution >= 0.6 is 0 Å². The number of benzene rings is 2. The van der Waals surface area contributed by atoms with Gasteiger partial charge in [-0.05, 0) is 45.0 Å². The molecule has 108 valence electrons. The Balaban J connectivity index is 2.55. The van der Waals surface area contributed by atoms with Crippen LogP contribution in [0, 0.1) is 18.3 Å². The Kier molecular flexibility index (Phi) is 4.62. The summed E-state index contributed by atoms with van der Waals surface area (Å²) in [6.45, 7) is 6.62. The standard InChI is InChI=1S/C18H20N2O/c1-4-20(16-8-5-13(2)6-9-16)18-11-15(12-19)7-10-17(18)14(3)21/h5-11,14,21H,4H2,1-3H3. The van der Waals surface area contributed by atoms with Crippen molar-refractivity contribution in [2.75, 3.05) is 11.4 Å². The van der Waals surface area contributed by atoms with Crippen molar-refractivity contribution in [2.45, 2.75) is 26.9 Å². The fourth-order valence-electron chi connectivity index (χ4n) is 2.42. The Morgan fingerprint density at radius 2 is 1.86 bits per heavy atom. The summed E-state index contributed by atoms with van der Waals surface area (Å²) in [7, 11) is 0. The van der Waals surface area contributed by atoms with Crippen LogP contribution in [0.15, 0.2) is 42.5 Å². The molecule has 0 aliphatic carbocycles. The molecule has 0 saturated heterocycles. The fourth-order valence-corrected chi connectivity index (χ4v) is 2.42. The highest BCUT2D eigenvalue weighted by Crippen LogP contribution is 2.32. The van der Waals surface area contributed by atoms with Gasteiger partial charge in [0.2, 0.25) is 0 Å². The lowest BCUT2D eigenvalue weighted by molar-refractivity contribution is 0.200. The largest absolute Gasteiger partial charge is 0.389 e. The average Bonchev–Trinajstić information content (AvgIpc) is 2.49. The van der Waals surface area contributed by atoms with Crippen molar-refractivity contribution in [1.82, 2.24) is 0 Å². The minimum absolute atomic E-state index is 0.577. The van der Waals surface area contributed by atoms with Gasteiger partial charge in [-0.1, -0.05) is 23.8 Å². The van der Waals surface area contributed by atoms with E-state index in [9.17, 15) is 5.11 Å². The topological polar surface area (TPSA) is 47.3 Å². The highest BCUT2D eigenvalue weighted by atomic mass is 16.3. The molecule has 3 heteroatoms. The molecule has 0 aromatic heterocycles. The molecule has 0 radical (unpaired) electrons. The molecule has 3 nitrogen and oxygen atoms in total. The number of hydrogen-bond acceptors (Lipinski definition) is 3. The lowest BCUT2D eigenvalue weighted by Gasteiger charge is -2.27. The van der Waals surface area contributed by atoms with E-state index in [2.05, 4.69) is 49.1 Å². The van der Waals surface area contributed by atoms with Crippen molar-refractivity contribution in [3.05, 3.63) is 59.2 Å². The molecule has 1 unspecified atom stereocenters. The third kappa shape index (κ3) is 3.24. The first-order chi connectivity index (χ1) is 10.1. The van der Waals surface area contributed by atoms with Gasteiger partial charge in [0.1, 0.15) is 0 Å². The first kappa shape index (κ1) is 15.1. The SMILES string of the molecule is CCN(c1ccc(C)cc1)c1cc(C#N)ccc1C(C)O. The van der Waals surface area contributed by atoms with E-state index in [4.69, 9.17) is 5.26 Å². The second-order valence-corrected chi connectivity index (χ2v) is 5.14. The maximum Gasteiger partial charge on any atom is 0.0992 e. The van der Waals surface area contributed by atoms with E-state index in [1.54, 1.807) is 13.0 Å². The zero-order valence-corrected chi connectivity index (χ0v) is 12.7. The molecular formula is C18H20N2O. The number of rotatable bonds is 4. The van der Waals surface area contributed by atoms with Crippen molar-refractivity contribution in [2.24, 2.45) is 0 Å². The number of nitrogens with zero attached hydrogens (tertiary/aromatic N) is 2. The smallest absolute Gasteiger partial charge is 0.0992 e. The monoisotopic (exact) mass is 280 g/mol. The number of aliphatic hydroxyl groups excluding tert-OH is 1. The molecule has 0 amide bonds. The molecular weight excluding hydrogens is 260 g/mol. The quantitative estimate of drug-likeness (QED) is 0.918. The summed E-state index contributed by atoms with van der Waals surface area (Å²) in [6.07, 6.45) is -0.577. The fraction of sp³-hybridized carbons (Fsp3) is 0.278. The highest BCUT2D eigenvalue weighted by molar-refractivity contribution is 5.68. The third-order valence-corrected chi connectivity index (χ3v) is 3.56. The first-order valence-electron chi connectivity index (χ1n) is 7.13. The molecule has 1 atom stereocenters. The first-order valence-corrected chi connectivity index (χ1v) is 7.13. The van der Waals surface area contributed by atoms with Gasteiger partial charge in [-0.15, -0.1) is 0 Å². The minimum atomic E-state index is -0.577. The van der Waals surface area contributed by atoms with E-state index < -0.39 is 6.10 Å². The molecule has 0 fully saturated rings. The van der Waals surface area contributed by atoms with Crippen LogP contribution < -0.4 is 4.90 Å². The predicted molar refractivity (Wildman–Crippen MR) is 85.6 cm³/mol. The van der Waals surface area contributed by atoms with Crippen LogP contribution in [0.2, 0.25) is 0 Å². The van der Waals surface area contributed by atoms with Crippen molar-refractivity contribution < 1.29 is 5.11 Å². The predicted octanol–water partition coefficient (Wildman–Crippen LogP) is 4.08. The second-order valence-electron chi connectivity index (χ2n) is 5.14. The van der Waals surface area contributed by atoms with Gasteiger partial charge in [0.25, 0.3) is 0 Å². The molecule has 2 aromatic rings. The number of aliphatic hydroxyl groups is 1. The van der Waals surface area contributed by atoms with E-state index in [0.717, 1.165) is 23.5 Å². The van der Waals surface area contributed by atoms with Gasteiger partial charge in [0, 0.05) is 23.5 Å². The van der Waals surface area contributed by atoms with Crippen molar-refractivity contribution in [3.8, 4) is 6.07 Å². The number of anilines is 2. The highest BCUT2D eigenvalue weighted by Gasteiger charge is 2.15. The minimum Gasteiger partial charge on any atom is -0.389 e. The van der Waals surface area contributed by atoms with Gasteiger partial charge in [0.05, 0.1) is 17.7 Å². The summed E-state index contributed by atoms with van der Waals surface area (Å²) in [4.78, 5) is 2.11. The average molecular weight is 280 g/mol. The summed E-state index contributed by atoms with van der Waals surface area (Å²) in [5.41, 5.74) is 4.57. The van der Waals surface area contributed by atoms with Crippen molar-refractivity contribution in [1.29, 1.82) is 5.26 Å². The van der Waals surface area contributed by atoms with Crippen LogP contribution in [0.1, 0.15) is 36.6 Å². The Hall–Kier alpha value is -2.31. The number of aryl methyl sites for hydroxylation is 1. The van der Waals surface area contributed by atoms with E-state index in [0.29, 0.717) is 5.56 Å². The van der Waals surface area contributed by atoms with Crippen molar-refractivity contribution >= 4 is 11.4 Å². The molecule has 0 aliphatic heterocycles. The van der Waals surface area contributed by atoms with Gasteiger partial charge in [0.15, 0.2) is 0 Å². The van der Waals surface area contributed by atoms with E-state index >= 15 is 0 Å². The van der Waals surface area contributed by atoms with Crippen molar-refractivity contribution in [3.63, 3.8) is 0 Å². The summed E-state index contributed by atoms with van der Waals surface area (Å²) in [5.74, 6) is 0. The number of nitriles is 1. The molecule has 2 rings (SSSR count). The molecule has 0 aliphatic rings. The molecule has 2 aromatic carbocycles. The summed E-state index contributed by atoms with van der Waals surface area (Å²) < 4.78 is 0. The molecule has 0 heterocycles. The summed E-state index contributed by atoms with van der Waals surface area (Å²) in [5, 5.41) is 19.1. The molecule has 1 N–H and O–H groups in total. The third-order valence-electron chi connectivity index (χ3n) is 3.56. The van der Waals surface area contributed by atoms with Gasteiger partial charge >= 0.3 is 0 Å². The van der Waals surface area contributed by atoms with Crippen LogP contribution in [0.4, 0.5) is 11.4 Å². The van der Waals surface area contributed by atoms with E-state index in [1.165, 1.54) is 5.56 Å². The maximum absolute atomic E-state index is 9.99. The van der Waals surface area contributed by atoms with Gasteiger partial charge in [-0.25, -0.2) is 0 Å². The van der Waals surface area contributed by atoms with Crippen LogP contribution in [0.25, 0.3) is 0 Å². The van der Waals surface area contributed by atoms with Gasteiger partial charge < -0.3 is 10.0 Å². The molecule has 21 heavy (non-hydrogen) atoms. The lowest BCUT2D eigenvalue weighted by atomic mass is 10.0. The normalized spacial score (nSPS) is 11.8. The molecule has 0 bridgehead atoms. The molecule has 0 spiro atoms. The Morgan fingerprint density at radius 1 is 1.19 bits per heavy atom. The Labute approximate surface area is 126 Å². The summed E-state index contributed by atoms with van der Waals surface area (Å²) >= 11 is 0. The van der Waals surface area contributed by atoms with Gasteiger partial charge in [-0.2, -0.15) is 5.26 Å². The Bertz CT molecular complexity index is 654. The van der Waals surface area contributed by atoms with Crippen LogP contribution in [-0.4, -0.2) is 11.7 Å². The maximum atomic E-state index is 9.99. The Morgan fingerprint density at radius 3 is 2.38 bits per heavy atom. The van der Waals surface area contributed by atoms with E-state index in [1.807, 2.05) is 12.1 Å².